The third-order valence-corrected chi connectivity index (χ3v) is 6.32. The summed E-state index contributed by atoms with van der Waals surface area (Å²) >= 11 is 14.0. The van der Waals surface area contributed by atoms with E-state index in [4.69, 9.17) is 27.9 Å². The van der Waals surface area contributed by atoms with Crippen LogP contribution < -0.4 is 14.8 Å². The van der Waals surface area contributed by atoms with Crippen LogP contribution in [0.4, 0.5) is 4.39 Å². The minimum atomic E-state index is -0.363. The van der Waals surface area contributed by atoms with Crippen molar-refractivity contribution in [2.75, 3.05) is 0 Å². The zero-order chi connectivity index (χ0) is 21.5. The van der Waals surface area contributed by atoms with Crippen LogP contribution in [0.25, 0.3) is 22.1 Å². The normalized spacial score (nSPS) is 12.2. The molecular formula is C23H13Cl2FN2O2S. The molecule has 5 aromatic rings. The van der Waals surface area contributed by atoms with E-state index in [0.717, 1.165) is 11.0 Å². The predicted octanol–water partition coefficient (Wildman–Crippen LogP) is 5.48. The zero-order valence-corrected chi connectivity index (χ0v) is 18.1. The summed E-state index contributed by atoms with van der Waals surface area (Å²) in [7, 11) is 0. The molecule has 2 heterocycles. The van der Waals surface area contributed by atoms with Gasteiger partial charge in [-0.05, 0) is 42.0 Å². The quantitative estimate of drug-likeness (QED) is 0.349. The molecule has 0 saturated heterocycles. The molecule has 0 aliphatic heterocycles. The van der Waals surface area contributed by atoms with Crippen LogP contribution in [-0.4, -0.2) is 9.38 Å². The molecule has 8 heteroatoms. The number of nitrogens with zero attached hydrogens (tertiary/aromatic N) is 2. The monoisotopic (exact) mass is 470 g/mol. The van der Waals surface area contributed by atoms with Crippen molar-refractivity contribution in [3.63, 3.8) is 0 Å². The molecule has 2 aromatic heterocycles. The van der Waals surface area contributed by atoms with E-state index in [1.165, 1.54) is 17.4 Å². The number of ether oxygens (including phenoxy) is 1. The van der Waals surface area contributed by atoms with Gasteiger partial charge in [0.25, 0.3) is 5.56 Å². The lowest BCUT2D eigenvalue weighted by atomic mass is 10.2. The van der Waals surface area contributed by atoms with Gasteiger partial charge in [-0.25, -0.2) is 13.8 Å². The summed E-state index contributed by atoms with van der Waals surface area (Å²) in [5, 5.41) is 0.545. The highest BCUT2D eigenvalue weighted by molar-refractivity contribution is 7.15. The number of fused-ring (bicyclic) bond motifs is 3. The second-order valence-electron chi connectivity index (χ2n) is 6.83. The number of hydrogen-bond acceptors (Lipinski definition) is 4. The first-order chi connectivity index (χ1) is 15.0. The molecule has 4 nitrogen and oxygen atoms in total. The van der Waals surface area contributed by atoms with E-state index >= 15 is 0 Å². The first-order valence-corrected chi connectivity index (χ1v) is 10.9. The van der Waals surface area contributed by atoms with E-state index in [-0.39, 0.29) is 33.8 Å². The Kier molecular flexibility index (Phi) is 5.14. The van der Waals surface area contributed by atoms with Crippen LogP contribution in [0.15, 0.2) is 65.5 Å². The highest BCUT2D eigenvalue weighted by atomic mass is 35.5. The number of imidazole rings is 1. The molecule has 0 radical (unpaired) electrons. The number of halogens is 3. The van der Waals surface area contributed by atoms with Crippen molar-refractivity contribution >= 4 is 56.6 Å². The Hall–Kier alpha value is -2.93. The number of aromatic nitrogens is 2. The summed E-state index contributed by atoms with van der Waals surface area (Å²) in [5.41, 5.74) is 2.45. The second kappa shape index (κ2) is 7.96. The maximum Gasteiger partial charge on any atom is 0.274 e. The molecule has 0 unspecified atom stereocenters. The van der Waals surface area contributed by atoms with E-state index in [0.29, 0.717) is 20.6 Å². The lowest BCUT2D eigenvalue weighted by Crippen LogP contribution is -2.22. The van der Waals surface area contributed by atoms with Gasteiger partial charge >= 0.3 is 0 Å². The number of hydrogen-bond donors (Lipinski definition) is 0. The molecule has 5 rings (SSSR count). The smallest absolute Gasteiger partial charge is 0.274 e. The fourth-order valence-electron chi connectivity index (χ4n) is 3.33. The fourth-order valence-corrected chi connectivity index (χ4v) is 4.93. The third kappa shape index (κ3) is 3.67. The molecule has 0 spiro atoms. The van der Waals surface area contributed by atoms with Gasteiger partial charge in [0.1, 0.15) is 12.4 Å². The molecule has 154 valence electrons. The highest BCUT2D eigenvalue weighted by Gasteiger charge is 2.13. The van der Waals surface area contributed by atoms with E-state index in [2.05, 4.69) is 4.98 Å². The van der Waals surface area contributed by atoms with Crippen LogP contribution in [0.2, 0.25) is 10.0 Å². The Labute approximate surface area is 189 Å². The average Bonchev–Trinajstić information content (AvgIpc) is 3.25. The van der Waals surface area contributed by atoms with Crippen LogP contribution in [-0.2, 0) is 6.61 Å². The van der Waals surface area contributed by atoms with Gasteiger partial charge in [-0.2, -0.15) is 0 Å². The van der Waals surface area contributed by atoms with Crippen molar-refractivity contribution in [1.82, 2.24) is 9.38 Å². The van der Waals surface area contributed by atoms with Crippen molar-refractivity contribution in [3.05, 3.63) is 103 Å². The first-order valence-electron chi connectivity index (χ1n) is 9.28. The molecular weight excluding hydrogens is 458 g/mol. The van der Waals surface area contributed by atoms with E-state index in [9.17, 15) is 9.18 Å². The number of thiazole rings is 1. The molecule has 0 aliphatic rings. The molecule has 31 heavy (non-hydrogen) atoms. The van der Waals surface area contributed by atoms with Gasteiger partial charge in [0, 0.05) is 5.56 Å². The SMILES string of the molecule is O=c1/c(=C/c2cc(Cl)c(OCc3ccccc3F)c(Cl)c2)sc2nc3ccccc3n12. The van der Waals surface area contributed by atoms with Crippen LogP contribution >= 0.6 is 34.5 Å². The fraction of sp³-hybridized carbons (Fsp3) is 0.0435. The van der Waals surface area contributed by atoms with Crippen molar-refractivity contribution in [3.8, 4) is 5.75 Å². The van der Waals surface area contributed by atoms with Gasteiger partial charge in [-0.1, -0.05) is 64.9 Å². The Morgan fingerprint density at radius 3 is 2.55 bits per heavy atom. The van der Waals surface area contributed by atoms with Gasteiger partial charge in [-0.3, -0.25) is 4.79 Å². The number of rotatable bonds is 4. The maximum atomic E-state index is 13.8. The van der Waals surface area contributed by atoms with Crippen molar-refractivity contribution < 1.29 is 9.13 Å². The molecule has 0 bridgehead atoms. The molecule has 0 amide bonds. The first kappa shape index (κ1) is 20.0. The zero-order valence-electron chi connectivity index (χ0n) is 15.8. The van der Waals surface area contributed by atoms with Crippen LogP contribution in [0.3, 0.4) is 0 Å². The molecule has 3 aromatic carbocycles. The molecule has 0 N–H and O–H groups in total. The average molecular weight is 471 g/mol. The Morgan fingerprint density at radius 1 is 1.06 bits per heavy atom. The predicted molar refractivity (Wildman–Crippen MR) is 123 cm³/mol. The van der Waals surface area contributed by atoms with Crippen LogP contribution in [0.5, 0.6) is 5.75 Å². The summed E-state index contributed by atoms with van der Waals surface area (Å²) in [6.07, 6.45) is 1.72. The van der Waals surface area contributed by atoms with Gasteiger partial charge in [-0.15, -0.1) is 0 Å². The Morgan fingerprint density at radius 2 is 1.77 bits per heavy atom. The summed E-state index contributed by atoms with van der Waals surface area (Å²) in [6, 6.07) is 17.1. The summed E-state index contributed by atoms with van der Waals surface area (Å²) in [5.74, 6) is -0.101. The summed E-state index contributed by atoms with van der Waals surface area (Å²) < 4.78 is 21.6. The van der Waals surface area contributed by atoms with Gasteiger partial charge in [0.05, 0.1) is 25.6 Å². The van der Waals surface area contributed by atoms with E-state index in [1.54, 1.807) is 40.8 Å². The van der Waals surface area contributed by atoms with Crippen molar-refractivity contribution in [2.24, 2.45) is 0 Å². The molecule has 0 fully saturated rings. The molecule has 0 atom stereocenters. The van der Waals surface area contributed by atoms with Crippen LogP contribution in [0.1, 0.15) is 11.1 Å². The lowest BCUT2D eigenvalue weighted by Gasteiger charge is -2.11. The Bertz CT molecular complexity index is 1540. The van der Waals surface area contributed by atoms with Crippen molar-refractivity contribution in [1.29, 1.82) is 0 Å². The largest absolute Gasteiger partial charge is 0.486 e. The highest BCUT2D eigenvalue weighted by Crippen LogP contribution is 2.35. The maximum absolute atomic E-state index is 13.8. The van der Waals surface area contributed by atoms with E-state index < -0.39 is 0 Å². The summed E-state index contributed by atoms with van der Waals surface area (Å²) in [6.45, 7) is -0.00488. The molecule has 0 aliphatic carbocycles. The van der Waals surface area contributed by atoms with Gasteiger partial charge < -0.3 is 4.74 Å². The molecule has 0 saturated carbocycles. The lowest BCUT2D eigenvalue weighted by molar-refractivity contribution is 0.300. The number of benzene rings is 3. The van der Waals surface area contributed by atoms with E-state index in [1.807, 2.05) is 24.3 Å². The topological polar surface area (TPSA) is 43.6 Å². The third-order valence-electron chi connectivity index (χ3n) is 4.79. The minimum absolute atomic E-state index is 0.00488. The van der Waals surface area contributed by atoms with Crippen LogP contribution in [0, 0.1) is 5.82 Å². The van der Waals surface area contributed by atoms with Gasteiger partial charge in [0.15, 0.2) is 10.7 Å². The van der Waals surface area contributed by atoms with Gasteiger partial charge in [0.2, 0.25) is 0 Å². The number of para-hydroxylation sites is 2. The minimum Gasteiger partial charge on any atom is -0.486 e. The second-order valence-corrected chi connectivity index (χ2v) is 8.65. The summed E-state index contributed by atoms with van der Waals surface area (Å²) in [4.78, 5) is 18.0. The van der Waals surface area contributed by atoms with Crippen molar-refractivity contribution in [2.45, 2.75) is 6.61 Å². The Balaban J connectivity index is 1.50. The standard InChI is InChI=1S/C23H13Cl2FN2O2S/c24-15-9-13(10-16(25)21(15)30-12-14-5-1-2-6-17(14)26)11-20-22(29)28-19-8-4-3-7-18(19)27-23(28)31-20/h1-11H,12H2/b20-11-.